The van der Waals surface area contributed by atoms with E-state index in [2.05, 4.69) is 31.0 Å². The predicted octanol–water partition coefficient (Wildman–Crippen LogP) is 2.61. The highest BCUT2D eigenvalue weighted by atomic mass is 16.1. The van der Waals surface area contributed by atoms with Crippen molar-refractivity contribution in [2.45, 2.75) is 46.1 Å². The van der Waals surface area contributed by atoms with Crippen molar-refractivity contribution in [3.05, 3.63) is 34.9 Å². The van der Waals surface area contributed by atoms with Crippen molar-refractivity contribution in [3.8, 4) is 11.8 Å². The third-order valence-corrected chi connectivity index (χ3v) is 4.05. The molecule has 3 heteroatoms. The summed E-state index contributed by atoms with van der Waals surface area (Å²) in [6, 6.07) is 6.01. The first kappa shape index (κ1) is 15.6. The van der Waals surface area contributed by atoms with Gasteiger partial charge in [0.1, 0.15) is 0 Å². The normalized spacial score (nSPS) is 19.7. The number of carbonyl (C=O) groups is 1. The number of hydrogen-bond donors (Lipinski definition) is 2. The summed E-state index contributed by atoms with van der Waals surface area (Å²) < 4.78 is 0. The summed E-state index contributed by atoms with van der Waals surface area (Å²) in [5, 5.41) is 3.15. The molecule has 3 N–H and O–H groups in total. The number of nitrogens with two attached hydrogens (primary N) is 1. The maximum Gasteiger partial charge on any atom is 0.252 e. The van der Waals surface area contributed by atoms with Crippen LogP contribution in [0.4, 0.5) is 0 Å². The number of nitrogens with one attached hydrogen (secondary N) is 1. The number of amides is 1. The minimum Gasteiger partial charge on any atom is -0.349 e. The molecule has 1 atom stereocenters. The second kappa shape index (κ2) is 6.32. The fourth-order valence-corrected chi connectivity index (χ4v) is 2.93. The topological polar surface area (TPSA) is 55.1 Å². The van der Waals surface area contributed by atoms with Crippen LogP contribution >= 0.6 is 0 Å². The Labute approximate surface area is 127 Å². The van der Waals surface area contributed by atoms with Gasteiger partial charge in [0.05, 0.1) is 12.1 Å². The molecule has 0 bridgehead atoms. The first-order chi connectivity index (χ1) is 9.91. The molecule has 1 aliphatic rings. The van der Waals surface area contributed by atoms with Crippen molar-refractivity contribution in [1.82, 2.24) is 5.32 Å². The SMILES string of the molecule is Cc1ccc(C(=O)NC2CCC(C)(C)C2)c(C#CCN)c1. The Kier molecular flexibility index (Phi) is 4.69. The number of rotatable bonds is 2. The van der Waals surface area contributed by atoms with Crippen molar-refractivity contribution < 1.29 is 4.79 Å². The molecule has 0 aliphatic heterocycles. The molecule has 2 rings (SSSR count). The molecule has 0 aromatic heterocycles. The van der Waals surface area contributed by atoms with Crippen LogP contribution in [0.2, 0.25) is 0 Å². The Morgan fingerprint density at radius 1 is 1.48 bits per heavy atom. The molecular formula is C18H24N2O. The molecule has 21 heavy (non-hydrogen) atoms. The number of hydrogen-bond acceptors (Lipinski definition) is 2. The minimum absolute atomic E-state index is 0.0287. The van der Waals surface area contributed by atoms with Crippen LogP contribution in [-0.4, -0.2) is 18.5 Å². The maximum absolute atomic E-state index is 12.5. The van der Waals surface area contributed by atoms with Gasteiger partial charge in [-0.3, -0.25) is 4.79 Å². The Morgan fingerprint density at radius 3 is 2.86 bits per heavy atom. The third-order valence-electron chi connectivity index (χ3n) is 4.05. The van der Waals surface area contributed by atoms with Crippen molar-refractivity contribution in [2.75, 3.05) is 6.54 Å². The van der Waals surface area contributed by atoms with Gasteiger partial charge >= 0.3 is 0 Å². The van der Waals surface area contributed by atoms with Gasteiger partial charge in [-0.15, -0.1) is 0 Å². The maximum atomic E-state index is 12.5. The number of aryl methyl sites for hydroxylation is 1. The molecule has 1 unspecified atom stereocenters. The second-order valence-corrected chi connectivity index (χ2v) is 6.63. The van der Waals surface area contributed by atoms with Crippen LogP contribution in [0.5, 0.6) is 0 Å². The highest BCUT2D eigenvalue weighted by Gasteiger charge is 2.31. The van der Waals surface area contributed by atoms with Crippen LogP contribution in [0.15, 0.2) is 18.2 Å². The van der Waals surface area contributed by atoms with Gasteiger partial charge in [-0.05, 0) is 49.3 Å². The second-order valence-electron chi connectivity index (χ2n) is 6.63. The zero-order chi connectivity index (χ0) is 15.5. The lowest BCUT2D eigenvalue weighted by molar-refractivity contribution is 0.0936. The third kappa shape index (κ3) is 4.09. The van der Waals surface area contributed by atoms with E-state index in [1.807, 2.05) is 25.1 Å². The molecular weight excluding hydrogens is 260 g/mol. The highest BCUT2D eigenvalue weighted by Crippen LogP contribution is 2.37. The monoisotopic (exact) mass is 284 g/mol. The van der Waals surface area contributed by atoms with E-state index in [0.29, 0.717) is 17.5 Å². The minimum atomic E-state index is -0.0287. The fraction of sp³-hybridized carbons (Fsp3) is 0.500. The highest BCUT2D eigenvalue weighted by molar-refractivity contribution is 5.97. The lowest BCUT2D eigenvalue weighted by Gasteiger charge is -2.18. The van der Waals surface area contributed by atoms with Gasteiger partial charge in [-0.1, -0.05) is 31.8 Å². The van der Waals surface area contributed by atoms with Gasteiger partial charge in [0, 0.05) is 11.6 Å². The molecule has 0 radical (unpaired) electrons. The van der Waals surface area contributed by atoms with Crippen molar-refractivity contribution in [1.29, 1.82) is 0 Å². The summed E-state index contributed by atoms with van der Waals surface area (Å²) >= 11 is 0. The van der Waals surface area contributed by atoms with Crippen LogP contribution in [0.25, 0.3) is 0 Å². The lowest BCUT2D eigenvalue weighted by Crippen LogP contribution is -2.34. The van der Waals surface area contributed by atoms with E-state index < -0.39 is 0 Å². The first-order valence-electron chi connectivity index (χ1n) is 7.52. The van der Waals surface area contributed by atoms with Crippen LogP contribution < -0.4 is 11.1 Å². The van der Waals surface area contributed by atoms with E-state index in [4.69, 9.17) is 5.73 Å². The molecule has 112 valence electrons. The zero-order valence-corrected chi connectivity index (χ0v) is 13.1. The van der Waals surface area contributed by atoms with Crippen LogP contribution in [0, 0.1) is 24.2 Å². The molecule has 1 fully saturated rings. The van der Waals surface area contributed by atoms with E-state index in [9.17, 15) is 4.79 Å². The smallest absolute Gasteiger partial charge is 0.252 e. The number of benzene rings is 1. The summed E-state index contributed by atoms with van der Waals surface area (Å²) in [7, 11) is 0. The van der Waals surface area contributed by atoms with E-state index in [0.717, 1.165) is 30.4 Å². The predicted molar refractivity (Wildman–Crippen MR) is 86.0 cm³/mol. The van der Waals surface area contributed by atoms with Crippen molar-refractivity contribution in [3.63, 3.8) is 0 Å². The van der Waals surface area contributed by atoms with E-state index >= 15 is 0 Å². The molecule has 1 aromatic rings. The van der Waals surface area contributed by atoms with E-state index in [-0.39, 0.29) is 11.9 Å². The Hall–Kier alpha value is -1.79. The lowest BCUT2D eigenvalue weighted by atomic mass is 9.92. The first-order valence-corrected chi connectivity index (χ1v) is 7.52. The summed E-state index contributed by atoms with van der Waals surface area (Å²) in [5.41, 5.74) is 8.25. The van der Waals surface area contributed by atoms with Gasteiger partial charge in [0.25, 0.3) is 5.91 Å². The van der Waals surface area contributed by atoms with E-state index in [1.54, 1.807) is 0 Å². The molecule has 0 heterocycles. The molecule has 1 amide bonds. The van der Waals surface area contributed by atoms with Gasteiger partial charge in [0.15, 0.2) is 0 Å². The molecule has 3 nitrogen and oxygen atoms in total. The standard InChI is InChI=1S/C18H24N2O/c1-13-6-7-16(14(11-13)5-4-10-19)17(21)20-15-8-9-18(2,3)12-15/h6-7,11,15H,8-10,12,19H2,1-3H3,(H,20,21). The average molecular weight is 284 g/mol. The molecule has 1 saturated carbocycles. The quantitative estimate of drug-likeness (QED) is 0.820. The van der Waals surface area contributed by atoms with Crippen LogP contribution in [0.3, 0.4) is 0 Å². The summed E-state index contributed by atoms with van der Waals surface area (Å²) in [6.07, 6.45) is 3.24. The van der Waals surface area contributed by atoms with Crippen LogP contribution in [-0.2, 0) is 0 Å². The number of carbonyl (C=O) groups excluding carboxylic acids is 1. The molecule has 0 spiro atoms. The Bertz CT molecular complexity index is 593. The Balaban J connectivity index is 2.16. The molecule has 0 saturated heterocycles. The molecule has 1 aromatic carbocycles. The van der Waals surface area contributed by atoms with Crippen molar-refractivity contribution >= 4 is 5.91 Å². The summed E-state index contributed by atoms with van der Waals surface area (Å²) in [4.78, 5) is 12.5. The van der Waals surface area contributed by atoms with Gasteiger partial charge in [-0.2, -0.15) is 0 Å². The van der Waals surface area contributed by atoms with Crippen LogP contribution in [0.1, 0.15) is 54.6 Å². The average Bonchev–Trinajstić information content (AvgIpc) is 2.75. The Morgan fingerprint density at radius 2 is 2.24 bits per heavy atom. The fourth-order valence-electron chi connectivity index (χ4n) is 2.93. The zero-order valence-electron chi connectivity index (χ0n) is 13.1. The van der Waals surface area contributed by atoms with Gasteiger partial charge in [0.2, 0.25) is 0 Å². The molecule has 1 aliphatic carbocycles. The largest absolute Gasteiger partial charge is 0.349 e. The van der Waals surface area contributed by atoms with Gasteiger partial charge in [-0.25, -0.2) is 0 Å². The van der Waals surface area contributed by atoms with Gasteiger partial charge < -0.3 is 11.1 Å². The summed E-state index contributed by atoms with van der Waals surface area (Å²) in [6.45, 7) is 6.80. The van der Waals surface area contributed by atoms with E-state index in [1.165, 1.54) is 0 Å². The summed E-state index contributed by atoms with van der Waals surface area (Å²) in [5.74, 6) is 5.80. The van der Waals surface area contributed by atoms with Crippen molar-refractivity contribution in [2.24, 2.45) is 11.1 Å².